The number of carbonyl (C=O) groups is 2. The van der Waals surface area contributed by atoms with Crippen LogP contribution in [0.25, 0.3) is 10.2 Å². The molecule has 0 bridgehead atoms. The first kappa shape index (κ1) is 19.6. The zero-order valence-corrected chi connectivity index (χ0v) is 16.4. The number of methoxy groups -OCH3 is 1. The minimum atomic E-state index is -0.523. The first-order chi connectivity index (χ1) is 13.4. The number of amides is 1. The number of nitrogens with zero attached hydrogens (tertiary/aromatic N) is 1. The maximum Gasteiger partial charge on any atom is 0.348 e. The molecule has 1 aromatic carbocycles. The highest BCUT2D eigenvalue weighted by Crippen LogP contribution is 2.27. The summed E-state index contributed by atoms with van der Waals surface area (Å²) >= 11 is 1.03. The van der Waals surface area contributed by atoms with Gasteiger partial charge in [-0.25, -0.2) is 9.78 Å². The van der Waals surface area contributed by atoms with Gasteiger partial charge in [0.05, 0.1) is 19.1 Å². The molecule has 0 saturated heterocycles. The van der Waals surface area contributed by atoms with Gasteiger partial charge in [-0.05, 0) is 37.1 Å². The van der Waals surface area contributed by atoms with Crippen molar-refractivity contribution in [3.05, 3.63) is 56.4 Å². The standard InChI is InChI=1S/C19H19N3O5S/c1-4-27-19(25)14-10(2)13-16(23)21-15(22-18(13)28-14)17(24)20-9-11-6-5-7-12(8-11)26-3/h5-8H,4,9H2,1-3H3,(H,20,24)(H,21,22,23). The van der Waals surface area contributed by atoms with Crippen LogP contribution in [0.1, 0.15) is 38.3 Å². The van der Waals surface area contributed by atoms with Crippen molar-refractivity contribution < 1.29 is 19.1 Å². The number of nitrogens with one attached hydrogen (secondary N) is 2. The maximum absolute atomic E-state index is 12.4. The number of benzene rings is 1. The van der Waals surface area contributed by atoms with Crippen LogP contribution in [0.4, 0.5) is 0 Å². The molecular formula is C19H19N3O5S. The molecule has 0 atom stereocenters. The van der Waals surface area contributed by atoms with Gasteiger partial charge in [-0.15, -0.1) is 11.3 Å². The third-order valence-corrected chi connectivity index (χ3v) is 5.23. The highest BCUT2D eigenvalue weighted by atomic mass is 32.1. The molecule has 0 aliphatic carbocycles. The Kier molecular flexibility index (Phi) is 5.74. The van der Waals surface area contributed by atoms with E-state index in [9.17, 15) is 14.4 Å². The van der Waals surface area contributed by atoms with E-state index in [4.69, 9.17) is 9.47 Å². The van der Waals surface area contributed by atoms with E-state index in [2.05, 4.69) is 15.3 Å². The first-order valence-electron chi connectivity index (χ1n) is 8.56. The average Bonchev–Trinajstić information content (AvgIpc) is 3.03. The highest BCUT2D eigenvalue weighted by Gasteiger charge is 2.21. The van der Waals surface area contributed by atoms with Crippen molar-refractivity contribution in [1.82, 2.24) is 15.3 Å². The van der Waals surface area contributed by atoms with Crippen LogP contribution in [-0.2, 0) is 11.3 Å². The van der Waals surface area contributed by atoms with Crippen LogP contribution in [-0.4, -0.2) is 35.6 Å². The molecule has 0 aliphatic heterocycles. The molecule has 0 fully saturated rings. The Morgan fingerprint density at radius 3 is 2.82 bits per heavy atom. The van der Waals surface area contributed by atoms with E-state index in [1.54, 1.807) is 33.1 Å². The van der Waals surface area contributed by atoms with Gasteiger partial charge in [0, 0.05) is 6.54 Å². The second kappa shape index (κ2) is 8.22. The van der Waals surface area contributed by atoms with Crippen molar-refractivity contribution in [3.8, 4) is 5.75 Å². The Bertz CT molecular complexity index is 1100. The zero-order valence-electron chi connectivity index (χ0n) is 15.6. The lowest BCUT2D eigenvalue weighted by Gasteiger charge is -2.06. The molecule has 2 aromatic heterocycles. The molecule has 9 heteroatoms. The molecule has 28 heavy (non-hydrogen) atoms. The fourth-order valence-electron chi connectivity index (χ4n) is 2.69. The molecule has 3 aromatic rings. The molecule has 8 nitrogen and oxygen atoms in total. The summed E-state index contributed by atoms with van der Waals surface area (Å²) in [7, 11) is 1.56. The number of H-pyrrole nitrogens is 1. The minimum absolute atomic E-state index is 0.114. The molecule has 0 aliphatic rings. The smallest absolute Gasteiger partial charge is 0.348 e. The van der Waals surface area contributed by atoms with Gasteiger partial charge in [0.15, 0.2) is 0 Å². The Balaban J connectivity index is 1.85. The summed E-state index contributed by atoms with van der Waals surface area (Å²) in [6.07, 6.45) is 0. The van der Waals surface area contributed by atoms with Crippen LogP contribution in [0.3, 0.4) is 0 Å². The van der Waals surface area contributed by atoms with E-state index in [-0.39, 0.29) is 24.4 Å². The summed E-state index contributed by atoms with van der Waals surface area (Å²) in [5, 5.41) is 3.00. The number of hydrogen-bond donors (Lipinski definition) is 2. The third-order valence-electron chi connectivity index (χ3n) is 4.06. The lowest BCUT2D eigenvalue weighted by molar-refractivity contribution is 0.0531. The summed E-state index contributed by atoms with van der Waals surface area (Å²) < 4.78 is 10.2. The largest absolute Gasteiger partial charge is 0.497 e. The summed E-state index contributed by atoms with van der Waals surface area (Å²) in [6, 6.07) is 7.26. The summed E-state index contributed by atoms with van der Waals surface area (Å²) in [5.74, 6) is -0.464. The molecule has 0 spiro atoms. The summed E-state index contributed by atoms with van der Waals surface area (Å²) in [4.78, 5) is 44.2. The zero-order chi connectivity index (χ0) is 20.3. The monoisotopic (exact) mass is 401 g/mol. The number of hydrogen-bond acceptors (Lipinski definition) is 7. The van der Waals surface area contributed by atoms with Crippen LogP contribution < -0.4 is 15.6 Å². The number of rotatable bonds is 6. The van der Waals surface area contributed by atoms with Crippen LogP contribution in [0.5, 0.6) is 5.75 Å². The molecule has 0 saturated carbocycles. The van der Waals surface area contributed by atoms with Crippen molar-refractivity contribution in [2.24, 2.45) is 0 Å². The number of thiophene rings is 1. The van der Waals surface area contributed by atoms with Gasteiger partial charge >= 0.3 is 5.97 Å². The average molecular weight is 401 g/mol. The van der Waals surface area contributed by atoms with Crippen LogP contribution in [0.2, 0.25) is 0 Å². The van der Waals surface area contributed by atoms with E-state index in [1.807, 2.05) is 12.1 Å². The van der Waals surface area contributed by atoms with Gasteiger partial charge in [0.2, 0.25) is 5.82 Å². The van der Waals surface area contributed by atoms with E-state index < -0.39 is 17.4 Å². The Labute approximate surface area is 164 Å². The molecule has 0 unspecified atom stereocenters. The number of aryl methyl sites for hydroxylation is 1. The molecule has 1 amide bonds. The van der Waals surface area contributed by atoms with Gasteiger partial charge in [-0.2, -0.15) is 0 Å². The molecule has 146 valence electrons. The number of esters is 1. The van der Waals surface area contributed by atoms with Crippen molar-refractivity contribution in [3.63, 3.8) is 0 Å². The van der Waals surface area contributed by atoms with Gasteiger partial charge in [0.25, 0.3) is 11.5 Å². The first-order valence-corrected chi connectivity index (χ1v) is 9.38. The van der Waals surface area contributed by atoms with Gasteiger partial charge < -0.3 is 19.8 Å². The highest BCUT2D eigenvalue weighted by molar-refractivity contribution is 7.20. The lowest BCUT2D eigenvalue weighted by Crippen LogP contribution is -2.27. The van der Waals surface area contributed by atoms with Crippen molar-refractivity contribution in [2.75, 3.05) is 13.7 Å². The number of fused-ring (bicyclic) bond motifs is 1. The third kappa shape index (κ3) is 3.89. The molecular weight excluding hydrogens is 382 g/mol. The van der Waals surface area contributed by atoms with E-state index >= 15 is 0 Å². The second-order valence-corrected chi connectivity index (χ2v) is 6.90. The van der Waals surface area contributed by atoms with Crippen molar-refractivity contribution in [2.45, 2.75) is 20.4 Å². The molecule has 2 N–H and O–H groups in total. The Hall–Kier alpha value is -3.20. The van der Waals surface area contributed by atoms with E-state index in [0.717, 1.165) is 16.9 Å². The topological polar surface area (TPSA) is 110 Å². The normalized spacial score (nSPS) is 10.7. The van der Waals surface area contributed by atoms with Crippen LogP contribution >= 0.6 is 11.3 Å². The predicted octanol–water partition coefficient (Wildman–Crippen LogP) is 2.41. The number of aromatic amines is 1. The number of carbonyl (C=O) groups excluding carboxylic acids is 2. The SMILES string of the molecule is CCOC(=O)c1sc2nc(C(=O)NCc3cccc(OC)c3)[nH]c(=O)c2c1C. The quantitative estimate of drug-likeness (QED) is 0.614. The fourth-order valence-corrected chi connectivity index (χ4v) is 3.77. The summed E-state index contributed by atoms with van der Waals surface area (Å²) in [6.45, 7) is 3.84. The number of aromatic nitrogens is 2. The van der Waals surface area contributed by atoms with Crippen molar-refractivity contribution >= 4 is 33.4 Å². The predicted molar refractivity (Wildman–Crippen MR) is 105 cm³/mol. The van der Waals surface area contributed by atoms with Gasteiger partial charge in [-0.3, -0.25) is 9.59 Å². The second-order valence-electron chi connectivity index (χ2n) is 5.91. The van der Waals surface area contributed by atoms with Crippen LogP contribution in [0.15, 0.2) is 29.1 Å². The Morgan fingerprint density at radius 1 is 1.32 bits per heavy atom. The van der Waals surface area contributed by atoms with E-state index in [1.165, 1.54) is 0 Å². The summed E-state index contributed by atoms with van der Waals surface area (Å²) in [5.41, 5.74) is 0.865. The Morgan fingerprint density at radius 2 is 2.11 bits per heavy atom. The number of ether oxygens (including phenoxy) is 2. The fraction of sp³-hybridized carbons (Fsp3) is 0.263. The molecule has 2 heterocycles. The van der Waals surface area contributed by atoms with Gasteiger partial charge in [0.1, 0.15) is 15.5 Å². The maximum atomic E-state index is 12.4. The molecule has 0 radical (unpaired) electrons. The van der Waals surface area contributed by atoms with Gasteiger partial charge in [-0.1, -0.05) is 12.1 Å². The molecule has 3 rings (SSSR count). The van der Waals surface area contributed by atoms with Crippen LogP contribution in [0, 0.1) is 6.92 Å². The minimum Gasteiger partial charge on any atom is -0.497 e. The van der Waals surface area contributed by atoms with Crippen molar-refractivity contribution in [1.29, 1.82) is 0 Å². The van der Waals surface area contributed by atoms with E-state index in [0.29, 0.717) is 21.0 Å². The lowest BCUT2D eigenvalue weighted by atomic mass is 10.2.